The minimum atomic E-state index is -1.41. The lowest BCUT2D eigenvalue weighted by atomic mass is 10.1. The van der Waals surface area contributed by atoms with Crippen LogP contribution in [0.5, 0.6) is 5.75 Å². The van der Waals surface area contributed by atoms with Gasteiger partial charge >= 0.3 is 5.97 Å². The first-order valence-electron chi connectivity index (χ1n) is 9.38. The van der Waals surface area contributed by atoms with Gasteiger partial charge in [0.25, 0.3) is 5.91 Å². The van der Waals surface area contributed by atoms with Gasteiger partial charge in [0.05, 0.1) is 25.7 Å². The Morgan fingerprint density at radius 1 is 1.16 bits per heavy atom. The van der Waals surface area contributed by atoms with Gasteiger partial charge in [-0.15, -0.1) is 0 Å². The zero-order valence-corrected chi connectivity index (χ0v) is 17.6. The Hall–Kier alpha value is -3.36. The first-order valence-corrected chi connectivity index (χ1v) is 9.75. The van der Waals surface area contributed by atoms with Gasteiger partial charge < -0.3 is 20.3 Å². The van der Waals surface area contributed by atoms with Crippen LogP contribution < -0.4 is 10.1 Å². The summed E-state index contributed by atoms with van der Waals surface area (Å²) in [5.41, 5.74) is 2.09. The van der Waals surface area contributed by atoms with Gasteiger partial charge in [-0.1, -0.05) is 11.6 Å². The third kappa shape index (κ3) is 4.55. The van der Waals surface area contributed by atoms with Crippen LogP contribution in [-0.2, 0) is 16.0 Å². The summed E-state index contributed by atoms with van der Waals surface area (Å²) in [6, 6.07) is 10.2. The zero-order chi connectivity index (χ0) is 22.7. The normalized spacial score (nSPS) is 11.9. The van der Waals surface area contributed by atoms with E-state index in [1.807, 2.05) is 0 Å². The van der Waals surface area contributed by atoms with E-state index in [0.717, 1.165) is 0 Å². The molecule has 9 heteroatoms. The molecule has 0 saturated heterocycles. The van der Waals surface area contributed by atoms with Gasteiger partial charge in [0.15, 0.2) is 0 Å². The number of ether oxygens (including phenoxy) is 1. The Balaban J connectivity index is 2.07. The molecule has 1 aromatic heterocycles. The molecule has 0 unspecified atom stereocenters. The van der Waals surface area contributed by atoms with Crippen molar-refractivity contribution in [1.29, 1.82) is 0 Å². The predicted molar refractivity (Wildman–Crippen MR) is 115 cm³/mol. The number of hydrogen-bond donors (Lipinski definition) is 3. The molecule has 31 heavy (non-hydrogen) atoms. The quantitative estimate of drug-likeness (QED) is 0.515. The number of amides is 1. The maximum absolute atomic E-state index is 13.2. The molecule has 0 aliphatic rings. The molecule has 1 atom stereocenters. The highest BCUT2D eigenvalue weighted by Gasteiger charge is 2.24. The van der Waals surface area contributed by atoms with Gasteiger partial charge in [-0.25, -0.2) is 4.79 Å². The van der Waals surface area contributed by atoms with Crippen LogP contribution in [0.3, 0.4) is 0 Å². The number of rotatable bonds is 7. The van der Waals surface area contributed by atoms with Gasteiger partial charge in [0.2, 0.25) is 5.91 Å². The van der Waals surface area contributed by atoms with E-state index < -0.39 is 24.5 Å². The molecular weight excluding hydrogens is 424 g/mol. The van der Waals surface area contributed by atoms with Gasteiger partial charge in [-0.2, -0.15) is 0 Å². The van der Waals surface area contributed by atoms with E-state index in [-0.39, 0.29) is 12.3 Å². The smallest absolute Gasteiger partial charge is 0.328 e. The lowest BCUT2D eigenvalue weighted by molar-refractivity contribution is -0.142. The Kier molecular flexibility index (Phi) is 6.62. The third-order valence-corrected chi connectivity index (χ3v) is 5.24. The van der Waals surface area contributed by atoms with Crippen LogP contribution >= 0.6 is 11.6 Å². The molecule has 3 N–H and O–H groups in total. The molecule has 0 saturated carbocycles. The highest BCUT2D eigenvalue weighted by molar-refractivity contribution is 6.30. The minimum Gasteiger partial charge on any atom is -0.497 e. The number of nitrogens with one attached hydrogen (secondary N) is 1. The maximum atomic E-state index is 13.2. The van der Waals surface area contributed by atoms with Gasteiger partial charge in [0, 0.05) is 21.7 Å². The number of aliphatic hydroxyl groups is 1. The highest BCUT2D eigenvalue weighted by atomic mass is 35.5. The van der Waals surface area contributed by atoms with Crippen molar-refractivity contribution in [1.82, 2.24) is 9.88 Å². The summed E-state index contributed by atoms with van der Waals surface area (Å²) in [4.78, 5) is 36.8. The SMILES string of the molecule is COc1ccc2c(c1)c(CC(=O)N[C@H](CO)C(=O)O)c(C)n2C(=O)c1ccc(Cl)cc1. The molecule has 0 bridgehead atoms. The summed E-state index contributed by atoms with van der Waals surface area (Å²) in [6.45, 7) is 0.980. The number of benzene rings is 2. The largest absolute Gasteiger partial charge is 0.497 e. The number of hydrogen-bond acceptors (Lipinski definition) is 5. The predicted octanol–water partition coefficient (Wildman–Crippen LogP) is 2.40. The number of carbonyl (C=O) groups is 3. The molecule has 162 valence electrons. The Morgan fingerprint density at radius 3 is 2.42 bits per heavy atom. The molecule has 1 amide bonds. The van der Waals surface area contributed by atoms with Crippen molar-refractivity contribution in [3.8, 4) is 5.75 Å². The Bertz CT molecular complexity index is 1150. The van der Waals surface area contributed by atoms with Gasteiger partial charge in [-0.05, 0) is 55.0 Å². The van der Waals surface area contributed by atoms with Crippen molar-refractivity contribution < 1.29 is 29.3 Å². The van der Waals surface area contributed by atoms with Crippen LogP contribution in [0.2, 0.25) is 5.02 Å². The lowest BCUT2D eigenvalue weighted by Gasteiger charge is -2.12. The topological polar surface area (TPSA) is 118 Å². The summed E-state index contributed by atoms with van der Waals surface area (Å²) in [7, 11) is 1.51. The number of carboxylic acids is 1. The summed E-state index contributed by atoms with van der Waals surface area (Å²) in [6.07, 6.45) is -0.180. The maximum Gasteiger partial charge on any atom is 0.328 e. The highest BCUT2D eigenvalue weighted by Crippen LogP contribution is 2.30. The number of fused-ring (bicyclic) bond motifs is 1. The number of aliphatic hydroxyl groups excluding tert-OH is 1. The van der Waals surface area contributed by atoms with Crippen LogP contribution in [0.15, 0.2) is 42.5 Å². The second kappa shape index (κ2) is 9.20. The van der Waals surface area contributed by atoms with Crippen molar-refractivity contribution in [3.05, 3.63) is 64.3 Å². The molecule has 0 fully saturated rings. The zero-order valence-electron chi connectivity index (χ0n) is 16.9. The number of aromatic nitrogens is 1. The first kappa shape index (κ1) is 22.3. The van der Waals surface area contributed by atoms with E-state index in [9.17, 15) is 14.4 Å². The average Bonchev–Trinajstić information content (AvgIpc) is 3.02. The van der Waals surface area contributed by atoms with E-state index in [1.54, 1.807) is 49.4 Å². The molecule has 0 radical (unpaired) electrons. The van der Waals surface area contributed by atoms with Crippen LogP contribution in [0.4, 0.5) is 0 Å². The summed E-state index contributed by atoms with van der Waals surface area (Å²) in [5.74, 6) is -1.68. The fourth-order valence-corrected chi connectivity index (χ4v) is 3.51. The fraction of sp³-hybridized carbons (Fsp3) is 0.227. The third-order valence-electron chi connectivity index (χ3n) is 4.99. The van der Waals surface area contributed by atoms with Gasteiger partial charge in [0.1, 0.15) is 11.8 Å². The molecule has 0 aliphatic carbocycles. The molecule has 3 rings (SSSR count). The first-order chi connectivity index (χ1) is 14.8. The number of carbonyl (C=O) groups excluding carboxylic acids is 2. The van der Waals surface area contributed by atoms with E-state index in [4.69, 9.17) is 26.6 Å². The molecule has 0 spiro atoms. The molecule has 0 aliphatic heterocycles. The fourth-order valence-electron chi connectivity index (χ4n) is 3.39. The van der Waals surface area contributed by atoms with Crippen molar-refractivity contribution in [2.75, 3.05) is 13.7 Å². The molecule has 3 aromatic rings. The number of halogens is 1. The average molecular weight is 445 g/mol. The summed E-state index contributed by atoms with van der Waals surface area (Å²) in [5, 5.41) is 21.6. The Labute approximate surface area is 183 Å². The minimum absolute atomic E-state index is 0.180. The van der Waals surface area contributed by atoms with Crippen LogP contribution in [0.1, 0.15) is 21.6 Å². The van der Waals surface area contributed by atoms with Crippen LogP contribution in [0, 0.1) is 6.92 Å². The standard InChI is InChI=1S/C22H21ClN2O6/c1-12-16(10-20(27)24-18(11-26)22(29)30)17-9-15(31-2)7-8-19(17)25(12)21(28)13-3-5-14(23)6-4-13/h3-9,18,26H,10-11H2,1-2H3,(H,24,27)(H,29,30)/t18-/m1/s1. The molecular formula is C22H21ClN2O6. The van der Waals surface area contributed by atoms with Crippen molar-refractivity contribution in [3.63, 3.8) is 0 Å². The second-order valence-electron chi connectivity index (χ2n) is 6.91. The lowest BCUT2D eigenvalue weighted by Crippen LogP contribution is -2.44. The molecule has 8 nitrogen and oxygen atoms in total. The van der Waals surface area contributed by atoms with Crippen LogP contribution in [0.25, 0.3) is 10.9 Å². The molecule has 1 heterocycles. The van der Waals surface area contributed by atoms with E-state index in [1.165, 1.54) is 11.7 Å². The number of methoxy groups -OCH3 is 1. The number of carboxylic acid groups (broad SMARTS) is 1. The Morgan fingerprint density at radius 2 is 1.84 bits per heavy atom. The monoisotopic (exact) mass is 444 g/mol. The summed E-state index contributed by atoms with van der Waals surface area (Å²) < 4.78 is 6.78. The van der Waals surface area contributed by atoms with E-state index >= 15 is 0 Å². The van der Waals surface area contributed by atoms with Crippen molar-refractivity contribution in [2.24, 2.45) is 0 Å². The van der Waals surface area contributed by atoms with Gasteiger partial charge in [-0.3, -0.25) is 14.2 Å². The number of aliphatic carboxylic acids is 1. The van der Waals surface area contributed by atoms with E-state index in [0.29, 0.717) is 38.5 Å². The number of nitrogens with zero attached hydrogens (tertiary/aromatic N) is 1. The molecule has 2 aromatic carbocycles. The van der Waals surface area contributed by atoms with Crippen molar-refractivity contribution in [2.45, 2.75) is 19.4 Å². The van der Waals surface area contributed by atoms with Crippen LogP contribution in [-0.4, -0.2) is 52.3 Å². The van der Waals surface area contributed by atoms with Crippen molar-refractivity contribution >= 4 is 40.3 Å². The summed E-state index contributed by atoms with van der Waals surface area (Å²) >= 11 is 5.92. The van der Waals surface area contributed by atoms with E-state index in [2.05, 4.69) is 5.32 Å². The second-order valence-corrected chi connectivity index (χ2v) is 7.35.